The molecule has 6 heteroatoms. The fourth-order valence-electron chi connectivity index (χ4n) is 3.59. The van der Waals surface area contributed by atoms with Crippen LogP contribution in [0.15, 0.2) is 30.3 Å². The average Bonchev–Trinajstić information content (AvgIpc) is 3.11. The molecule has 0 radical (unpaired) electrons. The molecule has 2 aliphatic heterocycles. The van der Waals surface area contributed by atoms with Gasteiger partial charge in [0.15, 0.2) is 0 Å². The Bertz CT molecular complexity index is 570. The SMILES string of the molecule is O=C(O)C1CCCN1C(=O)CCN1CCN(c2ccccc2)CC1. The minimum absolute atomic E-state index is 0.0228. The van der Waals surface area contributed by atoms with Crippen LogP contribution < -0.4 is 4.90 Å². The van der Waals surface area contributed by atoms with E-state index in [1.165, 1.54) is 5.69 Å². The zero-order chi connectivity index (χ0) is 16.9. The summed E-state index contributed by atoms with van der Waals surface area (Å²) >= 11 is 0. The minimum atomic E-state index is -0.877. The largest absolute Gasteiger partial charge is 0.480 e. The molecule has 6 nitrogen and oxygen atoms in total. The lowest BCUT2D eigenvalue weighted by molar-refractivity contribution is -0.148. The van der Waals surface area contributed by atoms with Crippen molar-refractivity contribution in [1.29, 1.82) is 0 Å². The average molecular weight is 331 g/mol. The molecule has 130 valence electrons. The molecule has 2 heterocycles. The van der Waals surface area contributed by atoms with Crippen LogP contribution in [-0.4, -0.2) is 72.1 Å². The maximum absolute atomic E-state index is 12.3. The number of carboxylic acid groups (broad SMARTS) is 1. The summed E-state index contributed by atoms with van der Waals surface area (Å²) in [6.45, 7) is 5.08. The standard InChI is InChI=1S/C18H25N3O3/c22-17(21-9-4-7-16(21)18(23)24)8-10-19-11-13-20(14-12-19)15-5-2-1-3-6-15/h1-3,5-6,16H,4,7-14H2,(H,23,24). The number of hydrogen-bond donors (Lipinski definition) is 1. The second-order valence-electron chi connectivity index (χ2n) is 6.50. The Hall–Kier alpha value is -2.08. The Morgan fingerprint density at radius 3 is 2.42 bits per heavy atom. The summed E-state index contributed by atoms with van der Waals surface area (Å²) in [5, 5.41) is 9.18. The minimum Gasteiger partial charge on any atom is -0.480 e. The summed E-state index contributed by atoms with van der Waals surface area (Å²) < 4.78 is 0. The van der Waals surface area contributed by atoms with Crippen molar-refractivity contribution in [2.24, 2.45) is 0 Å². The number of piperazine rings is 1. The van der Waals surface area contributed by atoms with E-state index in [2.05, 4.69) is 34.1 Å². The van der Waals surface area contributed by atoms with Gasteiger partial charge < -0.3 is 14.9 Å². The summed E-state index contributed by atoms with van der Waals surface area (Å²) in [6.07, 6.45) is 1.78. The Labute approximate surface area is 142 Å². The van der Waals surface area contributed by atoms with Crippen molar-refractivity contribution in [3.8, 4) is 0 Å². The van der Waals surface area contributed by atoms with Crippen molar-refractivity contribution in [2.75, 3.05) is 44.2 Å². The van der Waals surface area contributed by atoms with Crippen molar-refractivity contribution < 1.29 is 14.7 Å². The van der Waals surface area contributed by atoms with Crippen LogP contribution >= 0.6 is 0 Å². The van der Waals surface area contributed by atoms with Crippen LogP contribution in [0.5, 0.6) is 0 Å². The summed E-state index contributed by atoms with van der Waals surface area (Å²) in [4.78, 5) is 29.7. The van der Waals surface area contributed by atoms with E-state index in [0.717, 1.165) is 32.6 Å². The third kappa shape index (κ3) is 3.87. The van der Waals surface area contributed by atoms with E-state index in [4.69, 9.17) is 0 Å². The molecule has 0 spiro atoms. The number of carbonyl (C=O) groups is 2. The van der Waals surface area contributed by atoms with Gasteiger partial charge in [0.05, 0.1) is 0 Å². The van der Waals surface area contributed by atoms with Crippen LogP contribution in [0.4, 0.5) is 5.69 Å². The molecular weight excluding hydrogens is 306 g/mol. The smallest absolute Gasteiger partial charge is 0.326 e. The number of aliphatic carboxylic acids is 1. The molecule has 0 aliphatic carbocycles. The highest BCUT2D eigenvalue weighted by molar-refractivity contribution is 5.84. The Kier molecular flexibility index (Phi) is 5.35. The fourth-order valence-corrected chi connectivity index (χ4v) is 3.59. The lowest BCUT2D eigenvalue weighted by Gasteiger charge is -2.36. The van der Waals surface area contributed by atoms with Crippen LogP contribution in [0.2, 0.25) is 0 Å². The van der Waals surface area contributed by atoms with E-state index in [-0.39, 0.29) is 5.91 Å². The van der Waals surface area contributed by atoms with Gasteiger partial charge >= 0.3 is 5.97 Å². The highest BCUT2D eigenvalue weighted by atomic mass is 16.4. The van der Waals surface area contributed by atoms with E-state index >= 15 is 0 Å². The zero-order valence-corrected chi connectivity index (χ0v) is 13.9. The zero-order valence-electron chi connectivity index (χ0n) is 13.9. The number of amides is 1. The van der Waals surface area contributed by atoms with E-state index in [0.29, 0.717) is 25.9 Å². The van der Waals surface area contributed by atoms with Crippen molar-refractivity contribution in [1.82, 2.24) is 9.80 Å². The topological polar surface area (TPSA) is 64.1 Å². The lowest BCUT2D eigenvalue weighted by Crippen LogP contribution is -2.48. The quantitative estimate of drug-likeness (QED) is 0.880. The first-order chi connectivity index (χ1) is 11.6. The molecule has 1 aromatic carbocycles. The third-order valence-corrected chi connectivity index (χ3v) is 4.99. The number of hydrogen-bond acceptors (Lipinski definition) is 4. The molecular formula is C18H25N3O3. The Morgan fingerprint density at radius 2 is 1.75 bits per heavy atom. The number of carbonyl (C=O) groups excluding carboxylic acids is 1. The number of anilines is 1. The maximum Gasteiger partial charge on any atom is 0.326 e. The van der Waals surface area contributed by atoms with Gasteiger partial charge in [-0.15, -0.1) is 0 Å². The van der Waals surface area contributed by atoms with Gasteiger partial charge in [0, 0.05) is 51.4 Å². The van der Waals surface area contributed by atoms with E-state index in [1.807, 2.05) is 6.07 Å². The van der Waals surface area contributed by atoms with Crippen LogP contribution in [0.3, 0.4) is 0 Å². The van der Waals surface area contributed by atoms with Crippen molar-refractivity contribution >= 4 is 17.6 Å². The van der Waals surface area contributed by atoms with Gasteiger partial charge in [0.1, 0.15) is 6.04 Å². The van der Waals surface area contributed by atoms with Crippen LogP contribution in [0, 0.1) is 0 Å². The summed E-state index contributed by atoms with van der Waals surface area (Å²) in [7, 11) is 0. The van der Waals surface area contributed by atoms with Gasteiger partial charge in [-0.3, -0.25) is 9.69 Å². The van der Waals surface area contributed by atoms with Crippen molar-refractivity contribution in [3.05, 3.63) is 30.3 Å². The summed E-state index contributed by atoms with van der Waals surface area (Å²) in [5.41, 5.74) is 1.24. The van der Waals surface area contributed by atoms with E-state index in [9.17, 15) is 14.7 Å². The molecule has 1 N–H and O–H groups in total. The molecule has 2 saturated heterocycles. The van der Waals surface area contributed by atoms with Gasteiger partial charge in [-0.25, -0.2) is 4.79 Å². The Balaban J connectivity index is 1.43. The molecule has 0 saturated carbocycles. The van der Waals surface area contributed by atoms with E-state index in [1.54, 1.807) is 4.90 Å². The Morgan fingerprint density at radius 1 is 1.04 bits per heavy atom. The summed E-state index contributed by atoms with van der Waals surface area (Å²) in [6, 6.07) is 9.75. The number of para-hydroxylation sites is 1. The molecule has 1 atom stereocenters. The maximum atomic E-state index is 12.3. The molecule has 2 aliphatic rings. The van der Waals surface area contributed by atoms with Crippen LogP contribution in [-0.2, 0) is 9.59 Å². The van der Waals surface area contributed by atoms with Gasteiger partial charge in [-0.1, -0.05) is 18.2 Å². The molecule has 1 amide bonds. The number of carboxylic acids is 1. The van der Waals surface area contributed by atoms with Gasteiger partial charge in [0.25, 0.3) is 0 Å². The molecule has 0 aromatic heterocycles. The van der Waals surface area contributed by atoms with Crippen LogP contribution in [0.25, 0.3) is 0 Å². The molecule has 2 fully saturated rings. The first kappa shape index (κ1) is 16.8. The normalized spacial score (nSPS) is 21.9. The van der Waals surface area contributed by atoms with Gasteiger partial charge in [-0.05, 0) is 25.0 Å². The molecule has 0 bridgehead atoms. The second-order valence-corrected chi connectivity index (χ2v) is 6.50. The number of likely N-dealkylation sites (tertiary alicyclic amines) is 1. The lowest BCUT2D eigenvalue weighted by atomic mass is 10.2. The summed E-state index contributed by atoms with van der Waals surface area (Å²) in [5.74, 6) is -0.900. The monoisotopic (exact) mass is 331 g/mol. The van der Waals surface area contributed by atoms with Crippen molar-refractivity contribution in [3.63, 3.8) is 0 Å². The highest BCUT2D eigenvalue weighted by Crippen LogP contribution is 2.19. The van der Waals surface area contributed by atoms with Crippen LogP contribution in [0.1, 0.15) is 19.3 Å². The number of nitrogens with zero attached hydrogens (tertiary/aromatic N) is 3. The molecule has 24 heavy (non-hydrogen) atoms. The molecule has 1 aromatic rings. The number of benzene rings is 1. The first-order valence-corrected chi connectivity index (χ1v) is 8.70. The first-order valence-electron chi connectivity index (χ1n) is 8.70. The fraction of sp³-hybridized carbons (Fsp3) is 0.556. The van der Waals surface area contributed by atoms with Gasteiger partial charge in [0.2, 0.25) is 5.91 Å². The predicted octanol–water partition coefficient (Wildman–Crippen LogP) is 1.27. The second kappa shape index (κ2) is 7.66. The third-order valence-electron chi connectivity index (χ3n) is 4.99. The predicted molar refractivity (Wildman–Crippen MR) is 92.1 cm³/mol. The highest BCUT2D eigenvalue weighted by Gasteiger charge is 2.33. The van der Waals surface area contributed by atoms with Crippen molar-refractivity contribution in [2.45, 2.75) is 25.3 Å². The number of rotatable bonds is 5. The van der Waals surface area contributed by atoms with E-state index < -0.39 is 12.0 Å². The molecule has 1 unspecified atom stereocenters. The van der Waals surface area contributed by atoms with Gasteiger partial charge in [-0.2, -0.15) is 0 Å². The molecule has 3 rings (SSSR count).